The summed E-state index contributed by atoms with van der Waals surface area (Å²) in [5.74, 6) is -0.0161. The summed E-state index contributed by atoms with van der Waals surface area (Å²) < 4.78 is 8.11. The van der Waals surface area contributed by atoms with Crippen LogP contribution < -0.4 is 10.9 Å². The highest BCUT2D eigenvalue weighted by molar-refractivity contribution is 9.10. The number of aryl methyl sites for hydroxylation is 1. The summed E-state index contributed by atoms with van der Waals surface area (Å²) in [7, 11) is 1.59. The van der Waals surface area contributed by atoms with Crippen molar-refractivity contribution in [1.29, 1.82) is 0 Å². The van der Waals surface area contributed by atoms with Crippen LogP contribution in [-0.4, -0.2) is 34.9 Å². The maximum absolute atomic E-state index is 12.7. The van der Waals surface area contributed by atoms with Crippen molar-refractivity contribution in [3.05, 3.63) is 50.0 Å². The molecule has 9 heteroatoms. The molecule has 2 aromatic heterocycles. The van der Waals surface area contributed by atoms with Crippen LogP contribution in [0.15, 0.2) is 44.1 Å². The normalized spacial score (nSPS) is 11.1. The minimum absolute atomic E-state index is 0.101. The van der Waals surface area contributed by atoms with Gasteiger partial charge in [-0.3, -0.25) is 14.2 Å². The van der Waals surface area contributed by atoms with Gasteiger partial charge < -0.3 is 10.1 Å². The van der Waals surface area contributed by atoms with Gasteiger partial charge in [-0.05, 0) is 52.0 Å². The smallest absolute Gasteiger partial charge is 0.272 e. The highest BCUT2D eigenvalue weighted by atomic mass is 79.9. The van der Waals surface area contributed by atoms with Crippen molar-refractivity contribution in [2.24, 2.45) is 0 Å². The van der Waals surface area contributed by atoms with Gasteiger partial charge in [-0.2, -0.15) is 0 Å². The monoisotopic (exact) mass is 467 g/mol. The van der Waals surface area contributed by atoms with E-state index in [0.29, 0.717) is 34.2 Å². The number of fused-ring (bicyclic) bond motifs is 1. The topological polar surface area (TPSA) is 73.2 Å². The Morgan fingerprint density at radius 1 is 1.41 bits per heavy atom. The fraction of sp³-hybridized carbons (Fsp3) is 0.278. The molecule has 0 radical (unpaired) electrons. The molecule has 0 saturated heterocycles. The molecule has 3 rings (SSSR count). The maximum atomic E-state index is 12.7. The van der Waals surface area contributed by atoms with Crippen molar-refractivity contribution >= 4 is 60.8 Å². The van der Waals surface area contributed by atoms with E-state index in [1.165, 1.54) is 23.1 Å². The Balaban J connectivity index is 1.77. The maximum Gasteiger partial charge on any atom is 0.272 e. The third kappa shape index (κ3) is 4.78. The van der Waals surface area contributed by atoms with E-state index < -0.39 is 0 Å². The molecule has 0 aliphatic rings. The zero-order valence-corrected chi connectivity index (χ0v) is 18.0. The lowest BCUT2D eigenvalue weighted by Crippen LogP contribution is -2.25. The molecule has 142 valence electrons. The Morgan fingerprint density at radius 2 is 2.22 bits per heavy atom. The van der Waals surface area contributed by atoms with E-state index in [1.54, 1.807) is 11.7 Å². The fourth-order valence-electron chi connectivity index (χ4n) is 2.45. The Morgan fingerprint density at radius 3 is 2.96 bits per heavy atom. The fourth-order valence-corrected chi connectivity index (χ4v) is 4.65. The zero-order chi connectivity index (χ0) is 19.4. The molecule has 0 saturated carbocycles. The molecule has 0 fully saturated rings. The van der Waals surface area contributed by atoms with Crippen molar-refractivity contribution in [1.82, 2.24) is 9.55 Å². The average molecular weight is 468 g/mol. The van der Waals surface area contributed by atoms with Gasteiger partial charge >= 0.3 is 0 Å². The van der Waals surface area contributed by atoms with Gasteiger partial charge in [-0.25, -0.2) is 4.98 Å². The number of methoxy groups -OCH3 is 1. The third-order valence-electron chi connectivity index (χ3n) is 3.78. The van der Waals surface area contributed by atoms with Gasteiger partial charge in [0.15, 0.2) is 5.16 Å². The van der Waals surface area contributed by atoms with Gasteiger partial charge in [-0.1, -0.05) is 17.8 Å². The Labute approximate surface area is 173 Å². The standard InChI is InChI=1S/C18H18BrN3O3S2/c1-11-3-4-13(12(19)9-11)20-15(23)10-27-18-21-14-5-8-26-16(14)17(24)22(18)6-7-25-2/h3-5,8-9H,6-7,10H2,1-2H3,(H,20,23). The highest BCUT2D eigenvalue weighted by Gasteiger charge is 2.14. The Hall–Kier alpha value is -1.68. The molecule has 0 spiro atoms. The van der Waals surface area contributed by atoms with Crippen molar-refractivity contribution in [3.8, 4) is 0 Å². The number of nitrogens with zero attached hydrogens (tertiary/aromatic N) is 2. The number of thiophene rings is 1. The van der Waals surface area contributed by atoms with E-state index in [-0.39, 0.29) is 17.2 Å². The van der Waals surface area contributed by atoms with Crippen molar-refractivity contribution in [2.75, 3.05) is 24.8 Å². The summed E-state index contributed by atoms with van der Waals surface area (Å²) in [4.78, 5) is 29.6. The van der Waals surface area contributed by atoms with Gasteiger partial charge in [0.1, 0.15) is 4.70 Å². The SMILES string of the molecule is COCCn1c(SCC(=O)Nc2ccc(C)cc2Br)nc2ccsc2c1=O. The second kappa shape index (κ2) is 9.01. The highest BCUT2D eigenvalue weighted by Crippen LogP contribution is 2.25. The van der Waals surface area contributed by atoms with E-state index in [1.807, 2.05) is 36.6 Å². The molecule has 1 N–H and O–H groups in total. The van der Waals surface area contributed by atoms with E-state index >= 15 is 0 Å². The van der Waals surface area contributed by atoms with E-state index in [4.69, 9.17) is 4.74 Å². The first-order chi connectivity index (χ1) is 13.0. The van der Waals surface area contributed by atoms with Crippen LogP contribution in [-0.2, 0) is 16.1 Å². The van der Waals surface area contributed by atoms with Crippen LogP contribution >= 0.6 is 39.0 Å². The van der Waals surface area contributed by atoms with E-state index in [9.17, 15) is 9.59 Å². The van der Waals surface area contributed by atoms with Gasteiger partial charge in [0.2, 0.25) is 5.91 Å². The van der Waals surface area contributed by atoms with Gasteiger partial charge in [0.05, 0.1) is 30.1 Å². The summed E-state index contributed by atoms with van der Waals surface area (Å²) in [6, 6.07) is 7.54. The lowest BCUT2D eigenvalue weighted by Gasteiger charge is -2.12. The molecular weight excluding hydrogens is 450 g/mol. The molecule has 0 aliphatic heterocycles. The van der Waals surface area contributed by atoms with Crippen LogP contribution in [0.5, 0.6) is 0 Å². The number of hydrogen-bond acceptors (Lipinski definition) is 6. The van der Waals surface area contributed by atoms with Crippen molar-refractivity contribution in [2.45, 2.75) is 18.6 Å². The predicted molar refractivity (Wildman–Crippen MR) is 114 cm³/mol. The molecule has 3 aromatic rings. The molecule has 1 aromatic carbocycles. The van der Waals surface area contributed by atoms with Gasteiger partial charge in [0.25, 0.3) is 5.56 Å². The first-order valence-corrected chi connectivity index (χ1v) is 10.8. The van der Waals surface area contributed by atoms with E-state index in [2.05, 4.69) is 26.2 Å². The number of amides is 1. The van der Waals surface area contributed by atoms with Crippen LogP contribution in [0.1, 0.15) is 5.56 Å². The summed E-state index contributed by atoms with van der Waals surface area (Å²) in [5.41, 5.74) is 2.37. The lowest BCUT2D eigenvalue weighted by atomic mass is 10.2. The summed E-state index contributed by atoms with van der Waals surface area (Å²) >= 11 is 6.06. The van der Waals surface area contributed by atoms with Crippen LogP contribution in [0.3, 0.4) is 0 Å². The number of carbonyl (C=O) groups excluding carboxylic acids is 1. The average Bonchev–Trinajstić information content (AvgIpc) is 3.10. The number of rotatable bonds is 7. The molecule has 1 amide bonds. The number of hydrogen-bond donors (Lipinski definition) is 1. The number of halogens is 1. The first kappa shape index (κ1) is 20.1. The number of carbonyl (C=O) groups is 1. The molecule has 27 heavy (non-hydrogen) atoms. The quantitative estimate of drug-likeness (QED) is 0.421. The molecule has 2 heterocycles. The molecule has 0 bridgehead atoms. The molecule has 0 unspecified atom stereocenters. The predicted octanol–water partition coefficient (Wildman–Crippen LogP) is 3.91. The number of aromatic nitrogens is 2. The van der Waals surface area contributed by atoms with Gasteiger partial charge in [0, 0.05) is 11.6 Å². The summed E-state index contributed by atoms with van der Waals surface area (Å²) in [6.07, 6.45) is 0. The largest absolute Gasteiger partial charge is 0.383 e. The van der Waals surface area contributed by atoms with E-state index in [0.717, 1.165) is 10.0 Å². The second-order valence-electron chi connectivity index (χ2n) is 5.80. The van der Waals surface area contributed by atoms with Crippen molar-refractivity contribution in [3.63, 3.8) is 0 Å². The van der Waals surface area contributed by atoms with Crippen molar-refractivity contribution < 1.29 is 9.53 Å². The molecule has 6 nitrogen and oxygen atoms in total. The Kier molecular flexibility index (Phi) is 6.69. The third-order valence-corrected chi connectivity index (χ3v) is 6.31. The number of thioether (sulfide) groups is 1. The van der Waals surface area contributed by atoms with Gasteiger partial charge in [-0.15, -0.1) is 11.3 Å². The molecule has 0 atom stereocenters. The molecular formula is C18H18BrN3O3S2. The minimum Gasteiger partial charge on any atom is -0.383 e. The summed E-state index contributed by atoms with van der Waals surface area (Å²) in [6.45, 7) is 2.77. The second-order valence-corrected chi connectivity index (χ2v) is 8.51. The minimum atomic E-state index is -0.164. The zero-order valence-electron chi connectivity index (χ0n) is 14.8. The number of nitrogens with one attached hydrogen (secondary N) is 1. The first-order valence-electron chi connectivity index (χ1n) is 8.15. The van der Waals surface area contributed by atoms with Crippen LogP contribution in [0.25, 0.3) is 10.2 Å². The number of ether oxygens (including phenoxy) is 1. The van der Waals surface area contributed by atoms with Crippen LogP contribution in [0, 0.1) is 6.92 Å². The summed E-state index contributed by atoms with van der Waals surface area (Å²) in [5, 5.41) is 5.23. The number of anilines is 1. The lowest BCUT2D eigenvalue weighted by molar-refractivity contribution is -0.113. The Bertz CT molecular complexity index is 1030. The van der Waals surface area contributed by atoms with Crippen LogP contribution in [0.2, 0.25) is 0 Å². The van der Waals surface area contributed by atoms with Crippen LogP contribution in [0.4, 0.5) is 5.69 Å². The number of benzene rings is 1. The molecule has 0 aliphatic carbocycles.